The minimum absolute atomic E-state index is 0.0791. The van der Waals surface area contributed by atoms with Crippen LogP contribution in [0.1, 0.15) is 48.0 Å². The van der Waals surface area contributed by atoms with Crippen molar-refractivity contribution in [1.82, 2.24) is 4.57 Å². The number of amides is 1. The predicted molar refractivity (Wildman–Crippen MR) is 81.3 cm³/mol. The van der Waals surface area contributed by atoms with E-state index in [4.69, 9.17) is 5.73 Å². The second kappa shape index (κ2) is 4.74. The first-order valence-corrected chi connectivity index (χ1v) is 7.16. The lowest BCUT2D eigenvalue weighted by atomic mass is 9.75. The van der Waals surface area contributed by atoms with Crippen molar-refractivity contribution in [2.45, 2.75) is 32.8 Å². The Labute approximate surface area is 124 Å². The number of hydrogen-bond donors (Lipinski definition) is 2. The third kappa shape index (κ3) is 2.47. The molecule has 1 aromatic carbocycles. The van der Waals surface area contributed by atoms with Gasteiger partial charge in [-0.3, -0.25) is 4.79 Å². The van der Waals surface area contributed by atoms with E-state index in [0.29, 0.717) is 5.56 Å². The fourth-order valence-corrected chi connectivity index (χ4v) is 3.16. The molecule has 1 aliphatic carbocycles. The van der Waals surface area contributed by atoms with Crippen LogP contribution in [-0.2, 0) is 6.42 Å². The van der Waals surface area contributed by atoms with Crippen molar-refractivity contribution in [1.29, 1.82) is 0 Å². The summed E-state index contributed by atoms with van der Waals surface area (Å²) in [6.07, 6.45) is 3.28. The standard InChI is InChI=1S/C17H20N2O2/c1-17(2)9-14-13(15(20)10-17)7-8-19(14)12-5-3-11(4-6-12)16(18)21/h3-8,15,20H,9-10H2,1-2H3,(H2,18,21). The van der Waals surface area contributed by atoms with Gasteiger partial charge in [-0.2, -0.15) is 0 Å². The van der Waals surface area contributed by atoms with E-state index in [9.17, 15) is 9.90 Å². The van der Waals surface area contributed by atoms with Crippen molar-refractivity contribution in [3.05, 3.63) is 53.3 Å². The van der Waals surface area contributed by atoms with Crippen molar-refractivity contribution < 1.29 is 9.90 Å². The summed E-state index contributed by atoms with van der Waals surface area (Å²) in [7, 11) is 0. The molecule has 0 bridgehead atoms. The number of nitrogens with two attached hydrogens (primary N) is 1. The average molecular weight is 284 g/mol. The highest BCUT2D eigenvalue weighted by molar-refractivity contribution is 5.92. The van der Waals surface area contributed by atoms with E-state index in [-0.39, 0.29) is 5.41 Å². The maximum atomic E-state index is 11.1. The second-order valence-electron chi connectivity index (χ2n) is 6.56. The van der Waals surface area contributed by atoms with Crippen molar-refractivity contribution in [2.24, 2.45) is 11.1 Å². The number of rotatable bonds is 2. The van der Waals surface area contributed by atoms with Gasteiger partial charge in [0.05, 0.1) is 6.10 Å². The van der Waals surface area contributed by atoms with E-state index in [1.165, 1.54) is 0 Å². The molecule has 1 unspecified atom stereocenters. The molecule has 0 radical (unpaired) electrons. The number of nitrogens with zero attached hydrogens (tertiary/aromatic N) is 1. The molecule has 1 heterocycles. The summed E-state index contributed by atoms with van der Waals surface area (Å²) in [5.41, 5.74) is 8.98. The van der Waals surface area contributed by atoms with Gasteiger partial charge < -0.3 is 15.4 Å². The van der Waals surface area contributed by atoms with Crippen LogP contribution < -0.4 is 5.73 Å². The van der Waals surface area contributed by atoms with Gasteiger partial charge in [0, 0.05) is 28.7 Å². The molecule has 0 spiro atoms. The number of primary amides is 1. The van der Waals surface area contributed by atoms with E-state index in [0.717, 1.165) is 29.8 Å². The number of carbonyl (C=O) groups is 1. The predicted octanol–water partition coefficient (Wildman–Crippen LogP) is 2.58. The highest BCUT2D eigenvalue weighted by Gasteiger charge is 2.33. The lowest BCUT2D eigenvalue weighted by Gasteiger charge is -2.34. The van der Waals surface area contributed by atoms with Gasteiger partial charge in [0.15, 0.2) is 0 Å². The van der Waals surface area contributed by atoms with Gasteiger partial charge in [0.2, 0.25) is 5.91 Å². The smallest absolute Gasteiger partial charge is 0.248 e. The molecule has 0 aliphatic heterocycles. The van der Waals surface area contributed by atoms with Gasteiger partial charge in [-0.15, -0.1) is 0 Å². The number of aromatic nitrogens is 1. The van der Waals surface area contributed by atoms with Crippen molar-refractivity contribution in [3.63, 3.8) is 0 Å². The number of fused-ring (bicyclic) bond motifs is 1. The third-order valence-electron chi connectivity index (χ3n) is 4.21. The number of aliphatic hydroxyl groups excluding tert-OH is 1. The number of hydrogen-bond acceptors (Lipinski definition) is 2. The summed E-state index contributed by atoms with van der Waals surface area (Å²) < 4.78 is 2.09. The molecule has 110 valence electrons. The number of benzene rings is 1. The van der Waals surface area contributed by atoms with Crippen LogP contribution in [0, 0.1) is 5.41 Å². The molecular formula is C17H20N2O2. The van der Waals surface area contributed by atoms with Gasteiger partial charge in [-0.1, -0.05) is 13.8 Å². The highest BCUT2D eigenvalue weighted by Crippen LogP contribution is 2.41. The van der Waals surface area contributed by atoms with Crippen LogP contribution in [0.15, 0.2) is 36.5 Å². The molecule has 0 saturated heterocycles. The fraction of sp³-hybridized carbons (Fsp3) is 0.353. The zero-order valence-electron chi connectivity index (χ0n) is 12.3. The van der Waals surface area contributed by atoms with Crippen LogP contribution in [0.4, 0.5) is 0 Å². The summed E-state index contributed by atoms with van der Waals surface area (Å²) >= 11 is 0. The highest BCUT2D eigenvalue weighted by atomic mass is 16.3. The molecule has 1 amide bonds. The normalized spacial score (nSPS) is 20.0. The maximum absolute atomic E-state index is 11.1. The third-order valence-corrected chi connectivity index (χ3v) is 4.21. The molecule has 21 heavy (non-hydrogen) atoms. The van der Waals surface area contributed by atoms with Crippen LogP contribution >= 0.6 is 0 Å². The minimum atomic E-state index is -0.423. The van der Waals surface area contributed by atoms with Gasteiger partial charge in [-0.25, -0.2) is 0 Å². The monoisotopic (exact) mass is 284 g/mol. The second-order valence-corrected chi connectivity index (χ2v) is 6.56. The summed E-state index contributed by atoms with van der Waals surface area (Å²) in [5, 5.41) is 10.3. The maximum Gasteiger partial charge on any atom is 0.248 e. The Balaban J connectivity index is 2.03. The molecule has 3 N–H and O–H groups in total. The van der Waals surface area contributed by atoms with Gasteiger partial charge in [-0.05, 0) is 48.6 Å². The number of aliphatic hydroxyl groups is 1. The molecule has 4 heteroatoms. The Hall–Kier alpha value is -2.07. The molecule has 1 atom stereocenters. The molecular weight excluding hydrogens is 264 g/mol. The topological polar surface area (TPSA) is 68.2 Å². The average Bonchev–Trinajstić information content (AvgIpc) is 2.81. The van der Waals surface area contributed by atoms with Crippen LogP contribution in [0.5, 0.6) is 0 Å². The Morgan fingerprint density at radius 3 is 2.57 bits per heavy atom. The van der Waals surface area contributed by atoms with E-state index >= 15 is 0 Å². The van der Waals surface area contributed by atoms with Gasteiger partial charge in [0.1, 0.15) is 0 Å². The molecule has 3 rings (SSSR count). The van der Waals surface area contributed by atoms with E-state index in [1.807, 2.05) is 24.4 Å². The van der Waals surface area contributed by atoms with E-state index in [1.54, 1.807) is 12.1 Å². The van der Waals surface area contributed by atoms with Crippen molar-refractivity contribution in [2.75, 3.05) is 0 Å². The molecule has 0 saturated carbocycles. The lowest BCUT2D eigenvalue weighted by molar-refractivity contribution is 0.0985. The Bertz CT molecular complexity index is 683. The Morgan fingerprint density at radius 1 is 1.29 bits per heavy atom. The van der Waals surface area contributed by atoms with Gasteiger partial charge >= 0.3 is 0 Å². The lowest BCUT2D eigenvalue weighted by Crippen LogP contribution is -2.26. The summed E-state index contributed by atoms with van der Waals surface area (Å²) in [5.74, 6) is -0.423. The Morgan fingerprint density at radius 2 is 1.95 bits per heavy atom. The molecule has 4 nitrogen and oxygen atoms in total. The first-order chi connectivity index (χ1) is 9.87. The quantitative estimate of drug-likeness (QED) is 0.890. The van der Waals surface area contributed by atoms with Crippen molar-refractivity contribution in [3.8, 4) is 5.69 Å². The fourth-order valence-electron chi connectivity index (χ4n) is 3.16. The van der Waals surface area contributed by atoms with Crippen LogP contribution in [0.2, 0.25) is 0 Å². The zero-order chi connectivity index (χ0) is 15.2. The molecule has 2 aromatic rings. The minimum Gasteiger partial charge on any atom is -0.388 e. The molecule has 1 aromatic heterocycles. The molecule has 1 aliphatic rings. The van der Waals surface area contributed by atoms with Gasteiger partial charge in [0.25, 0.3) is 0 Å². The number of carbonyl (C=O) groups excluding carboxylic acids is 1. The largest absolute Gasteiger partial charge is 0.388 e. The summed E-state index contributed by atoms with van der Waals surface area (Å²) in [6.45, 7) is 4.35. The van der Waals surface area contributed by atoms with Crippen molar-refractivity contribution >= 4 is 5.91 Å². The first-order valence-electron chi connectivity index (χ1n) is 7.16. The van der Waals surface area contributed by atoms with Crippen LogP contribution in [-0.4, -0.2) is 15.6 Å². The molecule has 0 fully saturated rings. The summed E-state index contributed by atoms with van der Waals surface area (Å²) in [4.78, 5) is 11.1. The summed E-state index contributed by atoms with van der Waals surface area (Å²) in [6, 6.07) is 9.21. The first kappa shape index (κ1) is 13.9. The van der Waals surface area contributed by atoms with Crippen LogP contribution in [0.25, 0.3) is 5.69 Å². The van der Waals surface area contributed by atoms with E-state index < -0.39 is 12.0 Å². The SMILES string of the molecule is CC1(C)Cc2c(ccn2-c2ccc(C(N)=O)cc2)C(O)C1. The van der Waals surface area contributed by atoms with E-state index in [2.05, 4.69) is 18.4 Å². The Kier molecular flexibility index (Phi) is 3.14. The zero-order valence-corrected chi connectivity index (χ0v) is 12.3. The van der Waals surface area contributed by atoms with Crippen LogP contribution in [0.3, 0.4) is 0 Å².